The van der Waals surface area contributed by atoms with E-state index in [-0.39, 0.29) is 5.56 Å². The smallest absolute Gasteiger partial charge is 0.339 e. The zero-order valence-electron chi connectivity index (χ0n) is 6.90. The Bertz CT molecular complexity index is 316. The first-order chi connectivity index (χ1) is 6.16. The van der Waals surface area contributed by atoms with Crippen LogP contribution in [0.25, 0.3) is 0 Å². The van der Waals surface area contributed by atoms with E-state index < -0.39 is 17.9 Å². The van der Waals surface area contributed by atoms with E-state index >= 15 is 0 Å². The van der Waals surface area contributed by atoms with Gasteiger partial charge in [0.15, 0.2) is 6.10 Å². The number of nitrogens with zero attached hydrogens (tertiary/aromatic N) is 1. The first-order valence-corrected chi connectivity index (χ1v) is 3.52. The number of rotatable bonds is 2. The lowest BCUT2D eigenvalue weighted by Gasteiger charge is -2.08. The summed E-state index contributed by atoms with van der Waals surface area (Å²) in [6.45, 7) is 0. The van der Waals surface area contributed by atoms with Gasteiger partial charge in [0, 0.05) is 11.8 Å². The number of ether oxygens (including phenoxy) is 1. The summed E-state index contributed by atoms with van der Waals surface area (Å²) in [5, 5.41) is 9.23. The summed E-state index contributed by atoms with van der Waals surface area (Å²) in [4.78, 5) is 14.3. The number of pyridine rings is 1. The maximum absolute atomic E-state index is 12.9. The van der Waals surface area contributed by atoms with Gasteiger partial charge in [-0.05, 0) is 6.07 Å². The second-order valence-corrected chi connectivity index (χ2v) is 2.32. The number of aliphatic hydroxyl groups is 1. The van der Waals surface area contributed by atoms with Gasteiger partial charge in [-0.25, -0.2) is 9.18 Å². The van der Waals surface area contributed by atoms with Crippen molar-refractivity contribution < 1.29 is 19.0 Å². The van der Waals surface area contributed by atoms with Gasteiger partial charge in [0.2, 0.25) is 0 Å². The zero-order chi connectivity index (χ0) is 9.84. The molecule has 0 saturated carbocycles. The van der Waals surface area contributed by atoms with Crippen molar-refractivity contribution in [2.45, 2.75) is 6.10 Å². The van der Waals surface area contributed by atoms with Crippen molar-refractivity contribution in [2.75, 3.05) is 7.11 Å². The first-order valence-electron chi connectivity index (χ1n) is 3.52. The Morgan fingerprint density at radius 1 is 1.77 bits per heavy atom. The van der Waals surface area contributed by atoms with Crippen molar-refractivity contribution in [3.05, 3.63) is 29.8 Å². The molecule has 0 amide bonds. The number of hydrogen-bond donors (Lipinski definition) is 1. The van der Waals surface area contributed by atoms with Crippen LogP contribution in [0.4, 0.5) is 4.39 Å². The minimum Gasteiger partial charge on any atom is -0.467 e. The molecule has 70 valence electrons. The van der Waals surface area contributed by atoms with Crippen LogP contribution in [0.15, 0.2) is 18.5 Å². The molecule has 0 aliphatic heterocycles. The largest absolute Gasteiger partial charge is 0.467 e. The second kappa shape index (κ2) is 3.95. The van der Waals surface area contributed by atoms with E-state index in [1.165, 1.54) is 12.3 Å². The SMILES string of the molecule is COC(=O)C(O)c1ccncc1F. The molecular weight excluding hydrogens is 177 g/mol. The first kappa shape index (κ1) is 9.60. The fourth-order valence-electron chi connectivity index (χ4n) is 0.846. The monoisotopic (exact) mass is 185 g/mol. The fourth-order valence-corrected chi connectivity index (χ4v) is 0.846. The molecule has 0 bridgehead atoms. The molecule has 1 aromatic rings. The third-order valence-corrected chi connectivity index (χ3v) is 1.52. The molecule has 0 aliphatic carbocycles. The average molecular weight is 185 g/mol. The van der Waals surface area contributed by atoms with Crippen LogP contribution >= 0.6 is 0 Å². The van der Waals surface area contributed by atoms with E-state index in [0.717, 1.165) is 13.3 Å². The van der Waals surface area contributed by atoms with Gasteiger partial charge >= 0.3 is 5.97 Å². The number of carbonyl (C=O) groups excluding carboxylic acids is 1. The van der Waals surface area contributed by atoms with E-state index in [1.54, 1.807) is 0 Å². The summed E-state index contributed by atoms with van der Waals surface area (Å²) in [7, 11) is 1.12. The Hall–Kier alpha value is -1.49. The maximum atomic E-state index is 12.9. The molecule has 1 atom stereocenters. The van der Waals surface area contributed by atoms with Gasteiger partial charge in [0.25, 0.3) is 0 Å². The predicted molar refractivity (Wildman–Crippen MR) is 41.2 cm³/mol. The van der Waals surface area contributed by atoms with Gasteiger partial charge in [-0.1, -0.05) is 0 Å². The molecule has 1 rings (SSSR count). The summed E-state index contributed by atoms with van der Waals surface area (Å²) in [5.74, 6) is -1.63. The molecule has 0 aliphatic rings. The summed E-state index contributed by atoms with van der Waals surface area (Å²) < 4.78 is 17.2. The third kappa shape index (κ3) is 2.00. The van der Waals surface area contributed by atoms with Crippen LogP contribution < -0.4 is 0 Å². The number of esters is 1. The molecule has 13 heavy (non-hydrogen) atoms. The summed E-state index contributed by atoms with van der Waals surface area (Å²) >= 11 is 0. The lowest BCUT2D eigenvalue weighted by Crippen LogP contribution is -2.14. The number of aromatic nitrogens is 1. The van der Waals surface area contributed by atoms with Crippen LogP contribution in [-0.4, -0.2) is 23.2 Å². The van der Waals surface area contributed by atoms with Crippen LogP contribution in [-0.2, 0) is 9.53 Å². The maximum Gasteiger partial charge on any atom is 0.339 e. The van der Waals surface area contributed by atoms with Crippen molar-refractivity contribution in [3.8, 4) is 0 Å². The number of carbonyl (C=O) groups is 1. The van der Waals surface area contributed by atoms with Crippen molar-refractivity contribution in [1.29, 1.82) is 0 Å². The van der Waals surface area contributed by atoms with E-state index in [1.807, 2.05) is 0 Å². The zero-order valence-corrected chi connectivity index (χ0v) is 6.90. The molecule has 1 heterocycles. The van der Waals surface area contributed by atoms with E-state index in [9.17, 15) is 14.3 Å². The normalized spacial score (nSPS) is 12.2. The van der Waals surface area contributed by atoms with Crippen LogP contribution in [0.3, 0.4) is 0 Å². The Labute approximate surface area is 74.0 Å². The summed E-state index contributed by atoms with van der Waals surface area (Å²) in [6, 6.07) is 1.22. The Kier molecular flexibility index (Phi) is 2.92. The summed E-state index contributed by atoms with van der Waals surface area (Å²) in [6.07, 6.45) is 0.611. The van der Waals surface area contributed by atoms with Gasteiger partial charge in [0.1, 0.15) is 5.82 Å². The van der Waals surface area contributed by atoms with E-state index in [4.69, 9.17) is 0 Å². The molecular formula is C8H8FNO3. The fraction of sp³-hybridized carbons (Fsp3) is 0.250. The highest BCUT2D eigenvalue weighted by molar-refractivity contribution is 5.76. The van der Waals surface area contributed by atoms with Gasteiger partial charge < -0.3 is 9.84 Å². The molecule has 0 spiro atoms. The molecule has 1 unspecified atom stereocenters. The Morgan fingerprint density at radius 3 is 3.00 bits per heavy atom. The van der Waals surface area contributed by atoms with Crippen LogP contribution in [0.2, 0.25) is 0 Å². The van der Waals surface area contributed by atoms with Gasteiger partial charge in [-0.15, -0.1) is 0 Å². The number of methoxy groups -OCH3 is 1. The Morgan fingerprint density at radius 2 is 2.46 bits per heavy atom. The molecule has 0 fully saturated rings. The summed E-state index contributed by atoms with van der Waals surface area (Å²) in [5.41, 5.74) is -0.137. The predicted octanol–water partition coefficient (Wildman–Crippen LogP) is 0.427. The highest BCUT2D eigenvalue weighted by Crippen LogP contribution is 2.16. The van der Waals surface area contributed by atoms with Gasteiger partial charge in [-0.3, -0.25) is 4.98 Å². The quantitative estimate of drug-likeness (QED) is 0.678. The molecule has 1 aromatic heterocycles. The van der Waals surface area contributed by atoms with Gasteiger partial charge in [0.05, 0.1) is 13.3 Å². The molecule has 0 radical (unpaired) electrons. The van der Waals surface area contributed by atoms with E-state index in [0.29, 0.717) is 0 Å². The number of aliphatic hydroxyl groups excluding tert-OH is 1. The lowest BCUT2D eigenvalue weighted by atomic mass is 10.1. The minimum absolute atomic E-state index is 0.137. The molecule has 0 aromatic carbocycles. The minimum atomic E-state index is -1.59. The topological polar surface area (TPSA) is 59.4 Å². The van der Waals surface area contributed by atoms with Crippen molar-refractivity contribution in [1.82, 2.24) is 4.98 Å². The number of halogens is 1. The molecule has 5 heteroatoms. The van der Waals surface area contributed by atoms with E-state index in [2.05, 4.69) is 9.72 Å². The number of hydrogen-bond acceptors (Lipinski definition) is 4. The highest BCUT2D eigenvalue weighted by Gasteiger charge is 2.20. The molecule has 1 N–H and O–H groups in total. The van der Waals surface area contributed by atoms with Crippen LogP contribution in [0, 0.1) is 5.82 Å². The third-order valence-electron chi connectivity index (χ3n) is 1.52. The Balaban J connectivity index is 2.95. The lowest BCUT2D eigenvalue weighted by molar-refractivity contribution is -0.150. The highest BCUT2D eigenvalue weighted by atomic mass is 19.1. The van der Waals surface area contributed by atoms with Crippen molar-refractivity contribution in [3.63, 3.8) is 0 Å². The standard InChI is InChI=1S/C8H8FNO3/c1-13-8(12)7(11)5-2-3-10-4-6(5)9/h2-4,7,11H,1H3. The van der Waals surface area contributed by atoms with Crippen molar-refractivity contribution in [2.24, 2.45) is 0 Å². The molecule has 4 nitrogen and oxygen atoms in total. The average Bonchev–Trinajstić information content (AvgIpc) is 2.16. The molecule has 0 saturated heterocycles. The van der Waals surface area contributed by atoms with Crippen LogP contribution in [0.5, 0.6) is 0 Å². The second-order valence-electron chi connectivity index (χ2n) is 2.32. The van der Waals surface area contributed by atoms with Crippen molar-refractivity contribution >= 4 is 5.97 Å². The van der Waals surface area contributed by atoms with Gasteiger partial charge in [-0.2, -0.15) is 0 Å². The van der Waals surface area contributed by atoms with Crippen LogP contribution in [0.1, 0.15) is 11.7 Å².